The van der Waals surface area contributed by atoms with E-state index in [9.17, 15) is 18.3 Å². The normalized spacial score (nSPS) is 13.9. The van der Waals surface area contributed by atoms with Gasteiger partial charge in [-0.05, 0) is 6.07 Å². The molecule has 1 aromatic heterocycles. The molecule has 1 atom stereocenters. The molecule has 0 aliphatic heterocycles. The number of aromatic nitrogens is 1. The average molecular weight is 241 g/mol. The molecule has 1 rings (SSSR count). The molecule has 0 aliphatic rings. The van der Waals surface area contributed by atoms with E-state index in [-0.39, 0.29) is 16.4 Å². The molecule has 7 heteroatoms. The molecule has 0 bridgehead atoms. The van der Waals surface area contributed by atoms with Crippen molar-refractivity contribution >= 4 is 17.4 Å². The van der Waals surface area contributed by atoms with Crippen LogP contribution in [-0.4, -0.2) is 16.3 Å². The summed E-state index contributed by atoms with van der Waals surface area (Å²) in [4.78, 5) is 3.55. The molecule has 0 saturated carbocycles. The number of aliphatic hydroxyl groups is 1. The van der Waals surface area contributed by atoms with E-state index in [1.54, 1.807) is 0 Å². The highest BCUT2D eigenvalue weighted by molar-refractivity contribution is 6.30. The van der Waals surface area contributed by atoms with Crippen molar-refractivity contribution in [1.82, 2.24) is 4.98 Å². The van der Waals surface area contributed by atoms with Crippen LogP contribution in [0.25, 0.3) is 0 Å². The summed E-state index contributed by atoms with van der Waals surface area (Å²) in [6.07, 6.45) is -6.38. The van der Waals surface area contributed by atoms with Crippen LogP contribution in [0.5, 0.6) is 0 Å². The Labute approximate surface area is 88.7 Å². The molecule has 84 valence electrons. The number of pyridine rings is 1. The average Bonchev–Trinajstić information content (AvgIpc) is 2.06. The van der Waals surface area contributed by atoms with Gasteiger partial charge in [-0.15, -0.1) is 0 Å². The second-order valence-electron chi connectivity index (χ2n) is 2.96. The number of nitrogens with two attached hydrogens (primary N) is 1. The first-order chi connectivity index (χ1) is 6.79. The molecular formula is C8H8ClF3N2O. The van der Waals surface area contributed by atoms with Crippen LogP contribution < -0.4 is 5.73 Å². The predicted molar refractivity (Wildman–Crippen MR) is 49.3 cm³/mol. The van der Waals surface area contributed by atoms with Gasteiger partial charge >= 0.3 is 6.18 Å². The van der Waals surface area contributed by atoms with Crippen molar-refractivity contribution in [1.29, 1.82) is 0 Å². The lowest BCUT2D eigenvalue weighted by Gasteiger charge is -2.14. The highest BCUT2D eigenvalue weighted by atomic mass is 35.5. The molecule has 3 N–H and O–H groups in total. The largest absolute Gasteiger partial charge is 0.391 e. The quantitative estimate of drug-likeness (QED) is 0.834. The van der Waals surface area contributed by atoms with E-state index >= 15 is 0 Å². The Morgan fingerprint density at radius 3 is 2.67 bits per heavy atom. The molecule has 1 aromatic rings. The van der Waals surface area contributed by atoms with Gasteiger partial charge in [0.1, 0.15) is 5.82 Å². The van der Waals surface area contributed by atoms with E-state index in [0.29, 0.717) is 0 Å². The minimum Gasteiger partial charge on any atom is -0.388 e. The maximum absolute atomic E-state index is 12.0. The van der Waals surface area contributed by atoms with Gasteiger partial charge in [0.2, 0.25) is 0 Å². The molecule has 0 amide bonds. The van der Waals surface area contributed by atoms with Gasteiger partial charge in [0.25, 0.3) is 0 Å². The monoisotopic (exact) mass is 240 g/mol. The predicted octanol–water partition coefficient (Wildman–Crippen LogP) is 2.30. The molecule has 0 fully saturated rings. The standard InChI is InChI=1S/C8H8ClF3N2O/c9-4-1-5(7(13)14-3-4)6(15)2-8(10,11)12/h1,3,6,15H,2H2,(H2,13,14). The van der Waals surface area contributed by atoms with Gasteiger partial charge in [0.05, 0.1) is 17.5 Å². The minimum absolute atomic E-state index is 0.111. The van der Waals surface area contributed by atoms with E-state index in [1.165, 1.54) is 12.3 Å². The zero-order valence-corrected chi connectivity index (χ0v) is 8.18. The lowest BCUT2D eigenvalue weighted by atomic mass is 10.1. The zero-order chi connectivity index (χ0) is 11.6. The molecule has 3 nitrogen and oxygen atoms in total. The number of nitrogen functional groups attached to an aromatic ring is 1. The van der Waals surface area contributed by atoms with Gasteiger partial charge in [-0.3, -0.25) is 0 Å². The second-order valence-corrected chi connectivity index (χ2v) is 3.40. The fraction of sp³-hybridized carbons (Fsp3) is 0.375. The van der Waals surface area contributed by atoms with Crippen LogP contribution in [0.3, 0.4) is 0 Å². The molecule has 0 radical (unpaired) electrons. The Morgan fingerprint density at radius 2 is 2.13 bits per heavy atom. The first-order valence-corrected chi connectivity index (χ1v) is 4.33. The van der Waals surface area contributed by atoms with Crippen molar-refractivity contribution in [2.45, 2.75) is 18.7 Å². The van der Waals surface area contributed by atoms with Crippen molar-refractivity contribution in [2.75, 3.05) is 5.73 Å². The zero-order valence-electron chi connectivity index (χ0n) is 7.42. The van der Waals surface area contributed by atoms with Crippen molar-refractivity contribution < 1.29 is 18.3 Å². The van der Waals surface area contributed by atoms with Gasteiger partial charge in [0, 0.05) is 11.8 Å². The Morgan fingerprint density at radius 1 is 1.53 bits per heavy atom. The summed E-state index contributed by atoms with van der Waals surface area (Å²) in [7, 11) is 0. The SMILES string of the molecule is Nc1ncc(Cl)cc1C(O)CC(F)(F)F. The van der Waals surface area contributed by atoms with Gasteiger partial charge in [-0.2, -0.15) is 13.2 Å². The third-order valence-corrected chi connectivity index (χ3v) is 1.91. The molecule has 15 heavy (non-hydrogen) atoms. The number of aliphatic hydroxyl groups excluding tert-OH is 1. The summed E-state index contributed by atoms with van der Waals surface area (Å²) in [5.41, 5.74) is 5.20. The lowest BCUT2D eigenvalue weighted by molar-refractivity contribution is -0.154. The lowest BCUT2D eigenvalue weighted by Crippen LogP contribution is -2.15. The van der Waals surface area contributed by atoms with Crippen LogP contribution in [0.2, 0.25) is 5.02 Å². The highest BCUT2D eigenvalue weighted by Gasteiger charge is 2.32. The number of alkyl halides is 3. The summed E-state index contributed by atoms with van der Waals surface area (Å²) < 4.78 is 35.9. The third-order valence-electron chi connectivity index (χ3n) is 1.70. The van der Waals surface area contributed by atoms with Gasteiger partial charge in [-0.1, -0.05) is 11.6 Å². The third kappa shape index (κ3) is 3.56. The molecule has 0 aliphatic carbocycles. The van der Waals surface area contributed by atoms with E-state index in [2.05, 4.69) is 4.98 Å². The Kier molecular flexibility index (Phi) is 3.41. The fourth-order valence-electron chi connectivity index (χ4n) is 1.06. The fourth-order valence-corrected chi connectivity index (χ4v) is 1.23. The number of anilines is 1. The van der Waals surface area contributed by atoms with Crippen LogP contribution in [0.15, 0.2) is 12.3 Å². The summed E-state index contributed by atoms with van der Waals surface area (Å²) in [6, 6.07) is 1.17. The molecule has 0 saturated heterocycles. The first-order valence-electron chi connectivity index (χ1n) is 3.95. The van der Waals surface area contributed by atoms with Crippen molar-refractivity contribution in [3.05, 3.63) is 22.8 Å². The number of halogens is 4. The number of hydrogen-bond acceptors (Lipinski definition) is 3. The van der Waals surface area contributed by atoms with E-state index in [0.717, 1.165) is 0 Å². The summed E-state index contributed by atoms with van der Waals surface area (Å²) >= 11 is 5.52. The second kappa shape index (κ2) is 4.24. The van der Waals surface area contributed by atoms with Crippen LogP contribution in [-0.2, 0) is 0 Å². The summed E-state index contributed by atoms with van der Waals surface area (Å²) in [5.74, 6) is -0.156. The van der Waals surface area contributed by atoms with Crippen LogP contribution >= 0.6 is 11.6 Å². The molecule has 1 unspecified atom stereocenters. The number of nitrogens with zero attached hydrogens (tertiary/aromatic N) is 1. The Hall–Kier alpha value is -1.01. The number of hydrogen-bond donors (Lipinski definition) is 2. The maximum atomic E-state index is 12.0. The van der Waals surface area contributed by atoms with Crippen molar-refractivity contribution in [3.8, 4) is 0 Å². The van der Waals surface area contributed by atoms with Crippen molar-refractivity contribution in [2.24, 2.45) is 0 Å². The maximum Gasteiger partial charge on any atom is 0.391 e. The van der Waals surface area contributed by atoms with E-state index in [4.69, 9.17) is 17.3 Å². The highest BCUT2D eigenvalue weighted by Crippen LogP contribution is 2.32. The van der Waals surface area contributed by atoms with E-state index in [1.807, 2.05) is 0 Å². The van der Waals surface area contributed by atoms with Crippen molar-refractivity contribution in [3.63, 3.8) is 0 Å². The van der Waals surface area contributed by atoms with Gasteiger partial charge < -0.3 is 10.8 Å². The number of rotatable bonds is 2. The Bertz CT molecular complexity index is 356. The summed E-state index contributed by atoms with van der Waals surface area (Å²) in [6.45, 7) is 0. The molecular weight excluding hydrogens is 233 g/mol. The smallest absolute Gasteiger partial charge is 0.388 e. The molecule has 0 aromatic carbocycles. The Balaban J connectivity index is 2.90. The summed E-state index contributed by atoms with van der Waals surface area (Å²) in [5, 5.41) is 9.39. The van der Waals surface area contributed by atoms with Gasteiger partial charge in [-0.25, -0.2) is 4.98 Å². The van der Waals surface area contributed by atoms with Gasteiger partial charge in [0.15, 0.2) is 0 Å². The van der Waals surface area contributed by atoms with Crippen LogP contribution in [0.1, 0.15) is 18.1 Å². The first kappa shape index (κ1) is 12.1. The molecule has 0 spiro atoms. The van der Waals surface area contributed by atoms with E-state index < -0.39 is 18.7 Å². The van der Waals surface area contributed by atoms with Crippen LogP contribution in [0.4, 0.5) is 19.0 Å². The van der Waals surface area contributed by atoms with Crippen LogP contribution in [0, 0.1) is 0 Å². The topological polar surface area (TPSA) is 59.1 Å². The molecule has 1 heterocycles. The minimum atomic E-state index is -4.46.